The second kappa shape index (κ2) is 10.0. The van der Waals surface area contributed by atoms with Crippen LogP contribution >= 0.6 is 12.2 Å². The summed E-state index contributed by atoms with van der Waals surface area (Å²) < 4.78 is 5.08. The van der Waals surface area contributed by atoms with Gasteiger partial charge >= 0.3 is 0 Å². The number of ether oxygens (including phenoxy) is 1. The molecular weight excluding hydrogens is 396 g/mol. The van der Waals surface area contributed by atoms with Crippen molar-refractivity contribution >= 4 is 34.9 Å². The van der Waals surface area contributed by atoms with Gasteiger partial charge in [0.1, 0.15) is 11.6 Å². The molecule has 3 heterocycles. The van der Waals surface area contributed by atoms with E-state index in [1.807, 2.05) is 0 Å². The molecule has 0 atom stereocenters. The van der Waals surface area contributed by atoms with Crippen molar-refractivity contribution < 1.29 is 4.74 Å². The molecule has 2 N–H and O–H groups in total. The Morgan fingerprint density at radius 2 is 1.63 bits per heavy atom. The van der Waals surface area contributed by atoms with Gasteiger partial charge in [-0.3, -0.25) is 0 Å². The molecule has 0 spiro atoms. The summed E-state index contributed by atoms with van der Waals surface area (Å²) in [7, 11) is 1.67. The molecule has 1 fully saturated rings. The largest absolute Gasteiger partial charge is 0.383 e. The van der Waals surface area contributed by atoms with E-state index in [2.05, 4.69) is 50.8 Å². The zero-order chi connectivity index (χ0) is 20.8. The van der Waals surface area contributed by atoms with Gasteiger partial charge in [-0.2, -0.15) is 9.97 Å². The highest BCUT2D eigenvalue weighted by atomic mass is 32.1. The maximum atomic E-state index is 5.42. The van der Waals surface area contributed by atoms with E-state index in [0.29, 0.717) is 24.2 Å². The van der Waals surface area contributed by atoms with Crippen molar-refractivity contribution in [1.29, 1.82) is 0 Å². The summed E-state index contributed by atoms with van der Waals surface area (Å²) in [5.41, 5.74) is 2.72. The Bertz CT molecular complexity index is 843. The topological polar surface area (TPSA) is 65.6 Å². The monoisotopic (exact) mass is 426 g/mol. The molecule has 0 saturated carbocycles. The van der Waals surface area contributed by atoms with Crippen LogP contribution in [0.25, 0.3) is 0 Å². The minimum atomic E-state index is 0.510. The number of nitrogens with one attached hydrogen (secondary N) is 2. The first-order valence-electron chi connectivity index (χ1n) is 10.7. The van der Waals surface area contributed by atoms with E-state index in [9.17, 15) is 0 Å². The first-order valence-corrected chi connectivity index (χ1v) is 11.1. The summed E-state index contributed by atoms with van der Waals surface area (Å²) >= 11 is 5.42. The molecule has 7 nitrogen and oxygen atoms in total. The smallest absolute Gasteiger partial charge is 0.232 e. The lowest BCUT2D eigenvalue weighted by atomic mass is 10.1. The van der Waals surface area contributed by atoms with Gasteiger partial charge < -0.3 is 25.2 Å². The number of aromatic nitrogens is 2. The summed E-state index contributed by atoms with van der Waals surface area (Å²) in [5.74, 6) is 2.44. The molecule has 8 heteroatoms. The molecule has 1 saturated heterocycles. The zero-order valence-corrected chi connectivity index (χ0v) is 18.4. The molecule has 0 amide bonds. The van der Waals surface area contributed by atoms with Crippen LogP contribution in [0.4, 0.5) is 17.6 Å². The maximum absolute atomic E-state index is 5.42. The predicted molar refractivity (Wildman–Crippen MR) is 125 cm³/mol. The van der Waals surface area contributed by atoms with Crippen LogP contribution in [0.15, 0.2) is 30.3 Å². The van der Waals surface area contributed by atoms with E-state index < -0.39 is 0 Å². The van der Waals surface area contributed by atoms with Gasteiger partial charge in [-0.25, -0.2) is 0 Å². The number of methoxy groups -OCH3 is 1. The van der Waals surface area contributed by atoms with Crippen molar-refractivity contribution in [2.24, 2.45) is 0 Å². The summed E-state index contributed by atoms with van der Waals surface area (Å²) in [6.07, 6.45) is 4.98. The summed E-state index contributed by atoms with van der Waals surface area (Å²) in [6.45, 7) is 5.03. The number of hydrogen-bond donors (Lipinski definition) is 2. The third-order valence-corrected chi connectivity index (χ3v) is 5.86. The van der Waals surface area contributed by atoms with E-state index in [1.54, 1.807) is 7.11 Å². The second-order valence-corrected chi connectivity index (χ2v) is 8.22. The van der Waals surface area contributed by atoms with Crippen LogP contribution in [0.5, 0.6) is 0 Å². The lowest BCUT2D eigenvalue weighted by molar-refractivity contribution is 0.204. The fourth-order valence-corrected chi connectivity index (χ4v) is 4.20. The van der Waals surface area contributed by atoms with E-state index >= 15 is 0 Å². The lowest BCUT2D eigenvalue weighted by Gasteiger charge is -2.25. The van der Waals surface area contributed by atoms with Gasteiger partial charge in [-0.1, -0.05) is 37.1 Å². The number of anilines is 3. The zero-order valence-electron chi connectivity index (χ0n) is 17.6. The molecule has 2 aliphatic heterocycles. The van der Waals surface area contributed by atoms with Crippen molar-refractivity contribution in [1.82, 2.24) is 15.3 Å². The van der Waals surface area contributed by atoms with Crippen LogP contribution < -0.4 is 20.4 Å². The number of hydrogen-bond acceptors (Lipinski definition) is 6. The number of thiocarbonyl (C=S) groups is 1. The number of benzene rings is 1. The molecule has 0 aliphatic carbocycles. The summed E-state index contributed by atoms with van der Waals surface area (Å²) in [5, 5.41) is 6.81. The third kappa shape index (κ3) is 5.17. The van der Waals surface area contributed by atoms with E-state index in [0.717, 1.165) is 37.8 Å². The SMILES string of the molecule is COCCNC(=S)Nc1nc(N2CCCCCC2)cc(N2Cc3ccccc3C2)n1. The molecule has 0 radical (unpaired) electrons. The average Bonchev–Trinajstić information content (AvgIpc) is 3.00. The van der Waals surface area contributed by atoms with Gasteiger partial charge in [-0.05, 0) is 36.2 Å². The molecule has 30 heavy (non-hydrogen) atoms. The number of rotatable bonds is 6. The van der Waals surface area contributed by atoms with Crippen molar-refractivity contribution in [3.8, 4) is 0 Å². The Kier molecular flexibility index (Phi) is 6.96. The summed E-state index contributed by atoms with van der Waals surface area (Å²) in [4.78, 5) is 14.3. The first kappa shape index (κ1) is 20.8. The number of nitrogens with zero attached hydrogens (tertiary/aromatic N) is 4. The predicted octanol–water partition coefficient (Wildman–Crippen LogP) is 3.31. The van der Waals surface area contributed by atoms with Crippen LogP contribution in [0.1, 0.15) is 36.8 Å². The lowest BCUT2D eigenvalue weighted by Crippen LogP contribution is -2.32. The third-order valence-electron chi connectivity index (χ3n) is 5.61. The quantitative estimate of drug-likeness (QED) is 0.539. The highest BCUT2D eigenvalue weighted by Crippen LogP contribution is 2.30. The molecule has 1 aromatic carbocycles. The van der Waals surface area contributed by atoms with E-state index in [4.69, 9.17) is 26.9 Å². The van der Waals surface area contributed by atoms with Crippen LogP contribution in [0, 0.1) is 0 Å². The standard InChI is InChI=1S/C22H30N6OS/c1-29-13-10-23-22(30)26-21-24-19(27-11-6-2-3-7-12-27)14-20(25-21)28-15-17-8-4-5-9-18(17)16-28/h4-5,8-9,14H,2-3,6-7,10-13,15-16H2,1H3,(H2,23,24,25,26,30). The van der Waals surface area contributed by atoms with Crippen molar-refractivity contribution in [2.75, 3.05) is 48.5 Å². The fraction of sp³-hybridized carbons (Fsp3) is 0.500. The first-order chi connectivity index (χ1) is 14.7. The van der Waals surface area contributed by atoms with Gasteiger partial charge in [0, 0.05) is 45.9 Å². The van der Waals surface area contributed by atoms with E-state index in [-0.39, 0.29) is 0 Å². The fourth-order valence-electron chi connectivity index (χ4n) is 4.01. The Hall–Kier alpha value is -2.45. The normalized spacial score (nSPS) is 16.2. The van der Waals surface area contributed by atoms with Gasteiger partial charge in [0.05, 0.1) is 6.61 Å². The van der Waals surface area contributed by atoms with Gasteiger partial charge in [0.15, 0.2) is 5.11 Å². The van der Waals surface area contributed by atoms with Gasteiger partial charge in [0.25, 0.3) is 0 Å². The molecular formula is C22H30N6OS. The maximum Gasteiger partial charge on any atom is 0.232 e. The highest BCUT2D eigenvalue weighted by Gasteiger charge is 2.22. The summed E-state index contributed by atoms with van der Waals surface area (Å²) in [6, 6.07) is 10.7. The van der Waals surface area contributed by atoms with Crippen molar-refractivity contribution in [2.45, 2.75) is 38.8 Å². The Balaban J connectivity index is 1.57. The Labute approximate surface area is 183 Å². The Morgan fingerprint density at radius 1 is 1.00 bits per heavy atom. The van der Waals surface area contributed by atoms with Crippen LogP contribution in [-0.4, -0.2) is 48.4 Å². The molecule has 2 aromatic rings. The van der Waals surface area contributed by atoms with Gasteiger partial charge in [-0.15, -0.1) is 0 Å². The minimum absolute atomic E-state index is 0.510. The van der Waals surface area contributed by atoms with Crippen LogP contribution in [0.3, 0.4) is 0 Å². The second-order valence-electron chi connectivity index (χ2n) is 7.81. The number of fused-ring (bicyclic) bond motifs is 1. The molecule has 4 rings (SSSR count). The molecule has 2 aliphatic rings. The van der Waals surface area contributed by atoms with Crippen molar-refractivity contribution in [3.63, 3.8) is 0 Å². The highest BCUT2D eigenvalue weighted by molar-refractivity contribution is 7.80. The molecule has 0 unspecified atom stereocenters. The molecule has 160 valence electrons. The van der Waals surface area contributed by atoms with Crippen molar-refractivity contribution in [3.05, 3.63) is 41.5 Å². The minimum Gasteiger partial charge on any atom is -0.383 e. The van der Waals surface area contributed by atoms with Crippen LogP contribution in [-0.2, 0) is 17.8 Å². The van der Waals surface area contributed by atoms with Gasteiger partial charge in [0.2, 0.25) is 5.95 Å². The van der Waals surface area contributed by atoms with E-state index in [1.165, 1.54) is 36.8 Å². The average molecular weight is 427 g/mol. The molecule has 1 aromatic heterocycles. The van der Waals surface area contributed by atoms with Crippen LogP contribution in [0.2, 0.25) is 0 Å². The Morgan fingerprint density at radius 3 is 2.27 bits per heavy atom. The molecule has 0 bridgehead atoms.